The summed E-state index contributed by atoms with van der Waals surface area (Å²) in [4.78, 5) is 34.0. The summed E-state index contributed by atoms with van der Waals surface area (Å²) in [7, 11) is 1.64. The van der Waals surface area contributed by atoms with Crippen molar-refractivity contribution in [2.24, 2.45) is 0 Å². The van der Waals surface area contributed by atoms with E-state index in [9.17, 15) is 9.59 Å². The highest BCUT2D eigenvalue weighted by atomic mass is 32.1. The maximum atomic E-state index is 13.4. The van der Waals surface area contributed by atoms with E-state index in [1.54, 1.807) is 7.11 Å². The van der Waals surface area contributed by atoms with Gasteiger partial charge in [0.25, 0.3) is 0 Å². The molecule has 6 nitrogen and oxygen atoms in total. The number of carbonyl (C=O) groups is 2. The van der Waals surface area contributed by atoms with E-state index >= 15 is 0 Å². The minimum atomic E-state index is 0.111. The first-order valence-corrected chi connectivity index (χ1v) is 13.5. The van der Waals surface area contributed by atoms with E-state index < -0.39 is 0 Å². The number of ether oxygens (including phenoxy) is 1. The molecule has 0 radical (unpaired) electrons. The second kappa shape index (κ2) is 11.3. The second-order valence-corrected chi connectivity index (χ2v) is 10.5. The van der Waals surface area contributed by atoms with Crippen molar-refractivity contribution < 1.29 is 14.3 Å². The molecule has 36 heavy (non-hydrogen) atoms. The predicted octanol–water partition coefficient (Wildman–Crippen LogP) is 4.01. The van der Waals surface area contributed by atoms with Crippen molar-refractivity contribution in [3.63, 3.8) is 0 Å². The van der Waals surface area contributed by atoms with Crippen molar-refractivity contribution in [3.8, 4) is 5.75 Å². The van der Waals surface area contributed by atoms with Crippen LogP contribution in [0.1, 0.15) is 34.0 Å². The van der Waals surface area contributed by atoms with Crippen LogP contribution >= 0.6 is 11.3 Å². The van der Waals surface area contributed by atoms with Crippen LogP contribution in [0.25, 0.3) is 0 Å². The third kappa shape index (κ3) is 5.47. The van der Waals surface area contributed by atoms with E-state index in [1.807, 2.05) is 51.5 Å². The molecule has 0 saturated carbocycles. The molecule has 0 spiro atoms. The first kappa shape index (κ1) is 24.5. The Morgan fingerprint density at radius 3 is 2.33 bits per heavy atom. The van der Waals surface area contributed by atoms with Crippen LogP contribution < -0.4 is 4.74 Å². The molecule has 0 N–H and O–H groups in total. The van der Waals surface area contributed by atoms with E-state index in [4.69, 9.17) is 4.74 Å². The first-order valence-electron chi connectivity index (χ1n) is 12.7. The zero-order valence-electron chi connectivity index (χ0n) is 20.8. The first-order chi connectivity index (χ1) is 17.6. The summed E-state index contributed by atoms with van der Waals surface area (Å²) >= 11 is 1.81. The lowest BCUT2D eigenvalue weighted by molar-refractivity contribution is -0.134. The van der Waals surface area contributed by atoms with Gasteiger partial charge in [-0.05, 0) is 53.1 Å². The van der Waals surface area contributed by atoms with E-state index in [0.717, 1.165) is 30.7 Å². The number of nitrogens with zero attached hydrogens (tertiary/aromatic N) is 3. The minimum Gasteiger partial charge on any atom is -0.497 e. The van der Waals surface area contributed by atoms with Crippen LogP contribution in [0.4, 0.5) is 0 Å². The van der Waals surface area contributed by atoms with Crippen LogP contribution in [0.5, 0.6) is 5.75 Å². The summed E-state index contributed by atoms with van der Waals surface area (Å²) in [6, 6.07) is 20.5. The Balaban J connectivity index is 1.21. The highest BCUT2D eigenvalue weighted by molar-refractivity contribution is 7.10. The third-order valence-electron chi connectivity index (χ3n) is 7.24. The van der Waals surface area contributed by atoms with Gasteiger partial charge in [-0.15, -0.1) is 11.3 Å². The lowest BCUT2D eigenvalue weighted by atomic mass is 9.93. The number of amides is 2. The van der Waals surface area contributed by atoms with Crippen molar-refractivity contribution in [2.45, 2.75) is 25.3 Å². The summed E-state index contributed by atoms with van der Waals surface area (Å²) in [6.07, 6.45) is 2.15. The van der Waals surface area contributed by atoms with Crippen molar-refractivity contribution in [3.05, 3.63) is 87.6 Å². The maximum absolute atomic E-state index is 13.4. The normalized spacial score (nSPS) is 18.4. The number of hydrogen-bond donors (Lipinski definition) is 0. The molecular weight excluding hydrogens is 470 g/mol. The van der Waals surface area contributed by atoms with Crippen LogP contribution in [0, 0.1) is 0 Å². The lowest BCUT2D eigenvalue weighted by Crippen LogP contribution is -2.45. The molecule has 1 atom stereocenters. The van der Waals surface area contributed by atoms with Gasteiger partial charge in [-0.25, -0.2) is 0 Å². The van der Waals surface area contributed by atoms with E-state index in [-0.39, 0.29) is 17.9 Å². The summed E-state index contributed by atoms with van der Waals surface area (Å²) in [5.74, 6) is 1.05. The molecule has 5 rings (SSSR count). The van der Waals surface area contributed by atoms with Crippen molar-refractivity contribution >= 4 is 23.2 Å². The van der Waals surface area contributed by atoms with Gasteiger partial charge in [-0.3, -0.25) is 14.5 Å². The Morgan fingerprint density at radius 2 is 1.61 bits per heavy atom. The van der Waals surface area contributed by atoms with Crippen LogP contribution in [-0.4, -0.2) is 72.9 Å². The minimum absolute atomic E-state index is 0.111. The molecule has 0 bridgehead atoms. The van der Waals surface area contributed by atoms with E-state index in [1.165, 1.54) is 16.0 Å². The molecule has 7 heteroatoms. The summed E-state index contributed by atoms with van der Waals surface area (Å²) < 4.78 is 5.20. The van der Waals surface area contributed by atoms with E-state index in [2.05, 4.69) is 40.6 Å². The van der Waals surface area contributed by atoms with Crippen LogP contribution in [-0.2, 0) is 22.4 Å². The van der Waals surface area contributed by atoms with Gasteiger partial charge in [0.1, 0.15) is 5.75 Å². The molecule has 0 aliphatic carbocycles. The van der Waals surface area contributed by atoms with Crippen molar-refractivity contribution in [1.29, 1.82) is 0 Å². The average Bonchev–Trinajstić information content (AvgIpc) is 3.24. The Hall–Kier alpha value is -3.16. The van der Waals surface area contributed by atoms with Crippen LogP contribution in [0.2, 0.25) is 0 Å². The van der Waals surface area contributed by atoms with Crippen molar-refractivity contribution in [2.75, 3.05) is 46.4 Å². The Labute approximate surface area is 217 Å². The quantitative estimate of drug-likeness (QED) is 0.510. The fourth-order valence-corrected chi connectivity index (χ4v) is 6.19. The lowest BCUT2D eigenvalue weighted by Gasteiger charge is -2.37. The maximum Gasteiger partial charge on any atom is 0.236 e. The number of benzene rings is 2. The zero-order chi connectivity index (χ0) is 24.9. The molecule has 1 fully saturated rings. The monoisotopic (exact) mass is 503 g/mol. The number of carbonyl (C=O) groups excluding carboxylic acids is 2. The molecular formula is C29H33N3O3S. The molecule has 2 aromatic carbocycles. The standard InChI is InChI=1S/C29H33N3O3S/c1-35-24-10-8-22(9-11-24)20-27(33)30-14-5-15-31(18-17-30)28(34)21-32-16-12-26-25(13-19-36-26)29(32)23-6-3-2-4-7-23/h2-4,6-11,13,19,29H,5,12,14-18,20-21H2,1H3/t29-/m1/s1. The molecule has 3 heterocycles. The molecule has 2 amide bonds. The van der Waals surface area contributed by atoms with Gasteiger partial charge < -0.3 is 14.5 Å². The van der Waals surface area contributed by atoms with Crippen LogP contribution in [0.3, 0.4) is 0 Å². The average molecular weight is 504 g/mol. The summed E-state index contributed by atoms with van der Waals surface area (Å²) in [5.41, 5.74) is 3.54. The largest absolute Gasteiger partial charge is 0.497 e. The number of hydrogen-bond acceptors (Lipinski definition) is 5. The predicted molar refractivity (Wildman–Crippen MR) is 142 cm³/mol. The molecule has 1 saturated heterocycles. The number of methoxy groups -OCH3 is 1. The number of rotatable bonds is 6. The fraction of sp³-hybridized carbons (Fsp3) is 0.379. The highest BCUT2D eigenvalue weighted by Crippen LogP contribution is 2.37. The van der Waals surface area contributed by atoms with E-state index in [0.29, 0.717) is 39.1 Å². The summed E-state index contributed by atoms with van der Waals surface area (Å²) in [5, 5.41) is 2.16. The molecule has 0 unspecified atom stereocenters. The summed E-state index contributed by atoms with van der Waals surface area (Å²) in [6.45, 7) is 3.82. The number of thiophene rings is 1. The van der Waals surface area contributed by atoms with Gasteiger partial charge >= 0.3 is 0 Å². The van der Waals surface area contributed by atoms with Gasteiger partial charge in [0.15, 0.2) is 0 Å². The Kier molecular flexibility index (Phi) is 7.68. The van der Waals surface area contributed by atoms with Crippen LogP contribution in [0.15, 0.2) is 66.0 Å². The Bertz CT molecular complexity index is 1180. The SMILES string of the molecule is COc1ccc(CC(=O)N2CCCN(C(=O)CN3CCc4sccc4[C@H]3c3ccccc3)CC2)cc1. The molecule has 2 aliphatic rings. The van der Waals surface area contributed by atoms with Gasteiger partial charge in [-0.2, -0.15) is 0 Å². The van der Waals surface area contributed by atoms with Gasteiger partial charge in [0.05, 0.1) is 26.1 Å². The van der Waals surface area contributed by atoms with Gasteiger partial charge in [0, 0.05) is 37.6 Å². The molecule has 188 valence electrons. The highest BCUT2D eigenvalue weighted by Gasteiger charge is 2.32. The Morgan fingerprint density at radius 1 is 0.889 bits per heavy atom. The molecule has 3 aromatic rings. The molecule has 1 aromatic heterocycles. The number of fused-ring (bicyclic) bond motifs is 1. The van der Waals surface area contributed by atoms with Crippen molar-refractivity contribution in [1.82, 2.24) is 14.7 Å². The third-order valence-corrected chi connectivity index (χ3v) is 8.23. The second-order valence-electron chi connectivity index (χ2n) is 9.47. The zero-order valence-corrected chi connectivity index (χ0v) is 21.6. The van der Waals surface area contributed by atoms with Gasteiger partial charge in [0.2, 0.25) is 11.8 Å². The smallest absolute Gasteiger partial charge is 0.236 e. The van der Waals surface area contributed by atoms with Gasteiger partial charge in [-0.1, -0.05) is 42.5 Å². The molecule has 2 aliphatic heterocycles. The topological polar surface area (TPSA) is 53.1 Å². The fourth-order valence-electron chi connectivity index (χ4n) is 5.28.